The number of nitrogens with zero attached hydrogens (tertiary/aromatic N) is 2. The number of anilines is 2. The molecule has 0 saturated carbocycles. The molecule has 23 heavy (non-hydrogen) atoms. The van der Waals surface area contributed by atoms with Crippen LogP contribution >= 0.6 is 23.1 Å². The fourth-order valence-corrected chi connectivity index (χ4v) is 4.47. The van der Waals surface area contributed by atoms with E-state index < -0.39 is 5.37 Å². The highest BCUT2D eigenvalue weighted by atomic mass is 32.2. The lowest BCUT2D eigenvalue weighted by Crippen LogP contribution is -2.38. The Morgan fingerprint density at radius 1 is 1.43 bits per heavy atom. The van der Waals surface area contributed by atoms with Crippen LogP contribution in [0.1, 0.15) is 11.1 Å². The Balaban J connectivity index is 1.74. The first-order valence-electron chi connectivity index (χ1n) is 7.15. The Bertz CT molecular complexity index is 774. The third-order valence-electron chi connectivity index (χ3n) is 3.79. The third-order valence-corrected chi connectivity index (χ3v) is 5.62. The van der Waals surface area contributed by atoms with Gasteiger partial charge in [-0.25, -0.2) is 4.98 Å². The van der Waals surface area contributed by atoms with E-state index in [0.29, 0.717) is 0 Å². The number of thioether (sulfide) groups is 1. The number of primary amides is 1. The Labute approximate surface area is 141 Å². The van der Waals surface area contributed by atoms with Crippen LogP contribution in [0.5, 0.6) is 0 Å². The fourth-order valence-electron chi connectivity index (χ4n) is 2.74. The molecule has 118 valence electrons. The van der Waals surface area contributed by atoms with Crippen molar-refractivity contribution in [1.29, 1.82) is 0 Å². The Morgan fingerprint density at radius 3 is 3.13 bits per heavy atom. The second-order valence-corrected chi connectivity index (χ2v) is 7.06. The minimum atomic E-state index is -0.455. The lowest BCUT2D eigenvalue weighted by molar-refractivity contribution is -0.117. The summed E-state index contributed by atoms with van der Waals surface area (Å²) in [7, 11) is 0. The van der Waals surface area contributed by atoms with E-state index in [1.54, 1.807) is 6.20 Å². The minimum Gasteiger partial charge on any atom is -0.372 e. The molecule has 1 amide bonds. The quantitative estimate of drug-likeness (QED) is 0.789. The van der Waals surface area contributed by atoms with Crippen molar-refractivity contribution >= 4 is 45.5 Å². The average molecular weight is 345 g/mol. The number of thiazole rings is 1. The summed E-state index contributed by atoms with van der Waals surface area (Å²) < 4.78 is 0. The minimum absolute atomic E-state index is 0.363. The van der Waals surface area contributed by atoms with E-state index in [2.05, 4.69) is 33.8 Å². The second kappa shape index (κ2) is 5.88. The molecular formula is C15H15N5OS2. The maximum atomic E-state index is 11.8. The molecular weight excluding hydrogens is 330 g/mol. The smallest absolute Gasteiger partial charge is 0.251 e. The maximum Gasteiger partial charge on any atom is 0.251 e. The van der Waals surface area contributed by atoms with Gasteiger partial charge in [0.1, 0.15) is 0 Å². The molecule has 2 aromatic rings. The summed E-state index contributed by atoms with van der Waals surface area (Å²) in [4.78, 5) is 18.1. The van der Waals surface area contributed by atoms with Crippen LogP contribution < -0.4 is 21.3 Å². The van der Waals surface area contributed by atoms with E-state index in [0.717, 1.165) is 35.3 Å². The lowest BCUT2D eigenvalue weighted by atomic mass is 10.0. The van der Waals surface area contributed by atoms with Gasteiger partial charge < -0.3 is 11.1 Å². The molecule has 3 heterocycles. The van der Waals surface area contributed by atoms with Crippen molar-refractivity contribution in [1.82, 2.24) is 10.3 Å². The topological polar surface area (TPSA) is 83.3 Å². The van der Waals surface area contributed by atoms with Crippen molar-refractivity contribution in [3.63, 3.8) is 0 Å². The van der Waals surface area contributed by atoms with Gasteiger partial charge in [-0.15, -0.1) is 11.3 Å². The molecule has 2 aliphatic heterocycles. The molecule has 4 N–H and O–H groups in total. The van der Waals surface area contributed by atoms with Gasteiger partial charge in [-0.3, -0.25) is 15.0 Å². The molecule has 1 aromatic heterocycles. The fraction of sp³-hybridized carbons (Fsp3) is 0.200. The van der Waals surface area contributed by atoms with Gasteiger partial charge in [0.2, 0.25) is 0 Å². The zero-order valence-corrected chi connectivity index (χ0v) is 13.8. The second-order valence-electron chi connectivity index (χ2n) is 5.23. The van der Waals surface area contributed by atoms with Gasteiger partial charge in [0, 0.05) is 23.8 Å². The van der Waals surface area contributed by atoms with E-state index in [4.69, 9.17) is 5.73 Å². The van der Waals surface area contributed by atoms with Crippen LogP contribution in [0.2, 0.25) is 0 Å². The number of benzene rings is 1. The molecule has 6 nitrogen and oxygen atoms in total. The van der Waals surface area contributed by atoms with Crippen LogP contribution in [0, 0.1) is 0 Å². The van der Waals surface area contributed by atoms with Gasteiger partial charge in [-0.1, -0.05) is 17.8 Å². The molecule has 0 radical (unpaired) electrons. The first-order valence-corrected chi connectivity index (χ1v) is 8.98. The average Bonchev–Trinajstić information content (AvgIpc) is 3.23. The highest BCUT2D eigenvalue weighted by Crippen LogP contribution is 2.41. The molecule has 4 rings (SSSR count). The van der Waals surface area contributed by atoms with E-state index >= 15 is 0 Å². The summed E-state index contributed by atoms with van der Waals surface area (Å²) in [6.45, 7) is 1.60. The molecule has 1 unspecified atom stereocenters. The summed E-state index contributed by atoms with van der Waals surface area (Å²) >= 11 is 2.92. The van der Waals surface area contributed by atoms with Gasteiger partial charge in [-0.2, -0.15) is 0 Å². The molecule has 0 aliphatic carbocycles. The predicted molar refractivity (Wildman–Crippen MR) is 94.9 cm³/mol. The monoisotopic (exact) mass is 345 g/mol. The number of hydrogen-bond acceptors (Lipinski definition) is 7. The first kappa shape index (κ1) is 14.6. The van der Waals surface area contributed by atoms with Crippen molar-refractivity contribution in [3.05, 3.63) is 46.3 Å². The SMILES string of the molecule is NC(=O)C1SC=C(c2ccc3c(c2)CNCN3)N1c1nccs1. The third kappa shape index (κ3) is 2.58. The number of hydrogen-bond donors (Lipinski definition) is 3. The summed E-state index contributed by atoms with van der Waals surface area (Å²) in [6, 6.07) is 6.28. The molecule has 0 fully saturated rings. The van der Waals surface area contributed by atoms with Crippen LogP contribution in [-0.4, -0.2) is 22.9 Å². The number of carbonyl (C=O) groups excluding carboxylic acids is 1. The summed E-state index contributed by atoms with van der Waals surface area (Å²) in [6.07, 6.45) is 1.74. The number of carbonyl (C=O) groups is 1. The molecule has 8 heteroatoms. The Morgan fingerprint density at radius 2 is 2.35 bits per heavy atom. The van der Waals surface area contributed by atoms with Gasteiger partial charge in [0.15, 0.2) is 10.5 Å². The normalized spacial score (nSPS) is 19.9. The van der Waals surface area contributed by atoms with Gasteiger partial charge in [-0.05, 0) is 28.7 Å². The highest BCUT2D eigenvalue weighted by molar-refractivity contribution is 8.04. The van der Waals surface area contributed by atoms with Gasteiger partial charge in [0.05, 0.1) is 12.4 Å². The molecule has 1 aromatic carbocycles. The summed E-state index contributed by atoms with van der Waals surface area (Å²) in [5.41, 5.74) is 9.94. The largest absolute Gasteiger partial charge is 0.372 e. The van der Waals surface area contributed by atoms with Crippen molar-refractivity contribution in [2.24, 2.45) is 5.73 Å². The van der Waals surface area contributed by atoms with E-state index in [-0.39, 0.29) is 5.91 Å². The number of amides is 1. The summed E-state index contributed by atoms with van der Waals surface area (Å²) in [5.74, 6) is -0.363. The van der Waals surface area contributed by atoms with Crippen LogP contribution in [0.15, 0.2) is 35.2 Å². The van der Waals surface area contributed by atoms with Crippen molar-refractivity contribution in [3.8, 4) is 0 Å². The number of nitrogens with two attached hydrogens (primary N) is 1. The molecule has 0 bridgehead atoms. The molecule has 2 aliphatic rings. The van der Waals surface area contributed by atoms with Crippen LogP contribution in [0.4, 0.5) is 10.8 Å². The standard InChI is InChI=1S/C15H15N5OS2/c16-13(21)14-20(15-18-3-4-22-15)12(7-23-14)9-1-2-11-10(5-9)6-17-8-19-11/h1-5,7,14,17,19H,6,8H2,(H2,16,21). The van der Waals surface area contributed by atoms with Crippen molar-refractivity contribution < 1.29 is 4.79 Å². The number of rotatable bonds is 3. The Hall–Kier alpha value is -2.03. The lowest BCUT2D eigenvalue weighted by Gasteiger charge is -2.26. The van der Waals surface area contributed by atoms with Crippen molar-refractivity contribution in [2.45, 2.75) is 11.9 Å². The number of aromatic nitrogens is 1. The predicted octanol–water partition coefficient (Wildman–Crippen LogP) is 1.98. The van der Waals surface area contributed by atoms with E-state index in [1.807, 2.05) is 15.7 Å². The molecule has 0 saturated heterocycles. The van der Waals surface area contributed by atoms with Crippen LogP contribution in [-0.2, 0) is 11.3 Å². The maximum absolute atomic E-state index is 11.8. The van der Waals surface area contributed by atoms with E-state index in [1.165, 1.54) is 28.7 Å². The van der Waals surface area contributed by atoms with Crippen molar-refractivity contribution in [2.75, 3.05) is 16.9 Å². The van der Waals surface area contributed by atoms with Crippen LogP contribution in [0.25, 0.3) is 5.70 Å². The van der Waals surface area contributed by atoms with Gasteiger partial charge >= 0.3 is 0 Å². The number of fused-ring (bicyclic) bond motifs is 1. The Kier molecular flexibility index (Phi) is 3.72. The summed E-state index contributed by atoms with van der Waals surface area (Å²) in [5, 5.41) is 10.8. The zero-order chi connectivity index (χ0) is 15.8. The van der Waals surface area contributed by atoms with Crippen LogP contribution in [0.3, 0.4) is 0 Å². The van der Waals surface area contributed by atoms with E-state index in [9.17, 15) is 4.79 Å². The van der Waals surface area contributed by atoms with Gasteiger partial charge in [0.25, 0.3) is 5.91 Å². The first-order chi connectivity index (χ1) is 11.2. The molecule has 0 spiro atoms. The highest BCUT2D eigenvalue weighted by Gasteiger charge is 2.34. The number of nitrogens with one attached hydrogen (secondary N) is 2. The molecule has 1 atom stereocenters. The zero-order valence-electron chi connectivity index (χ0n) is 12.2.